The van der Waals surface area contributed by atoms with Crippen LogP contribution in [0.1, 0.15) is 18.4 Å². The smallest absolute Gasteiger partial charge is 0.404 e. The molecule has 0 bridgehead atoms. The first kappa shape index (κ1) is 14.2. The fraction of sp³-hybridized carbons (Fsp3) is 0.429. The van der Waals surface area contributed by atoms with E-state index in [1.54, 1.807) is 12.0 Å². The summed E-state index contributed by atoms with van der Waals surface area (Å²) >= 11 is 0. The Bertz CT molecular complexity index is 486. The fourth-order valence-corrected chi connectivity index (χ4v) is 2.31. The molecular formula is C14H18N2O4. The number of nitrogens with zero attached hydrogens (tertiary/aromatic N) is 1. The van der Waals surface area contributed by atoms with Crippen molar-refractivity contribution in [3.05, 3.63) is 29.8 Å². The Kier molecular flexibility index (Phi) is 4.45. The van der Waals surface area contributed by atoms with Gasteiger partial charge in [-0.2, -0.15) is 0 Å². The summed E-state index contributed by atoms with van der Waals surface area (Å²) in [6.45, 7) is 0.901. The molecule has 1 aromatic carbocycles. The molecule has 1 unspecified atom stereocenters. The third-order valence-corrected chi connectivity index (χ3v) is 3.36. The van der Waals surface area contributed by atoms with Gasteiger partial charge in [0.15, 0.2) is 0 Å². The van der Waals surface area contributed by atoms with Crippen LogP contribution in [0.25, 0.3) is 0 Å². The minimum Gasteiger partial charge on any atom is -0.497 e. The number of methoxy groups -OCH3 is 1. The number of nitrogens with one attached hydrogen (secondary N) is 1. The number of carboxylic acid groups (broad SMARTS) is 1. The minimum atomic E-state index is -1.05. The normalized spacial score (nSPS) is 18.8. The number of carbonyl (C=O) groups is 2. The predicted octanol–water partition coefficient (Wildman–Crippen LogP) is 1.45. The third-order valence-electron chi connectivity index (χ3n) is 3.36. The molecule has 1 aromatic rings. The van der Waals surface area contributed by atoms with Crippen molar-refractivity contribution in [3.63, 3.8) is 0 Å². The van der Waals surface area contributed by atoms with Crippen LogP contribution in [0.5, 0.6) is 5.75 Å². The van der Waals surface area contributed by atoms with Crippen molar-refractivity contribution in [2.75, 3.05) is 13.7 Å². The topological polar surface area (TPSA) is 78.9 Å². The summed E-state index contributed by atoms with van der Waals surface area (Å²) in [6, 6.07) is 7.30. The molecule has 1 saturated heterocycles. The highest BCUT2D eigenvalue weighted by molar-refractivity contribution is 5.77. The average Bonchev–Trinajstić information content (AvgIpc) is 2.43. The number of likely N-dealkylation sites (tertiary alicyclic amines) is 1. The first-order valence-corrected chi connectivity index (χ1v) is 6.48. The van der Waals surface area contributed by atoms with E-state index < -0.39 is 6.09 Å². The molecule has 6 heteroatoms. The molecule has 2 rings (SSSR count). The number of hydrogen-bond acceptors (Lipinski definition) is 3. The molecule has 0 saturated carbocycles. The van der Waals surface area contributed by atoms with E-state index in [-0.39, 0.29) is 11.9 Å². The van der Waals surface area contributed by atoms with Crippen molar-refractivity contribution < 1.29 is 19.4 Å². The van der Waals surface area contributed by atoms with E-state index >= 15 is 0 Å². The summed E-state index contributed by atoms with van der Waals surface area (Å²) in [5, 5.41) is 11.2. The Balaban J connectivity index is 1.98. The quantitative estimate of drug-likeness (QED) is 0.873. The Morgan fingerprint density at radius 2 is 2.15 bits per heavy atom. The van der Waals surface area contributed by atoms with Crippen LogP contribution in [0.3, 0.4) is 0 Å². The van der Waals surface area contributed by atoms with Crippen LogP contribution in [-0.4, -0.2) is 41.7 Å². The molecule has 2 amide bonds. The summed E-state index contributed by atoms with van der Waals surface area (Å²) in [4.78, 5) is 24.2. The summed E-state index contributed by atoms with van der Waals surface area (Å²) in [7, 11) is 1.60. The largest absolute Gasteiger partial charge is 0.497 e. The van der Waals surface area contributed by atoms with Gasteiger partial charge in [0.25, 0.3) is 0 Å². The molecule has 1 fully saturated rings. The average molecular weight is 278 g/mol. The Labute approximate surface area is 117 Å². The summed E-state index contributed by atoms with van der Waals surface area (Å²) in [5.74, 6) is 0.827. The van der Waals surface area contributed by atoms with Crippen LogP contribution in [0.4, 0.5) is 4.79 Å². The van der Waals surface area contributed by atoms with Gasteiger partial charge in [-0.25, -0.2) is 4.79 Å². The second-order valence-corrected chi connectivity index (χ2v) is 4.81. The number of benzene rings is 1. The molecule has 108 valence electrons. The maximum Gasteiger partial charge on any atom is 0.404 e. The summed E-state index contributed by atoms with van der Waals surface area (Å²) in [6.07, 6.45) is -0.112. The zero-order valence-electron chi connectivity index (χ0n) is 11.3. The maximum atomic E-state index is 11.9. The highest BCUT2D eigenvalue weighted by Crippen LogP contribution is 2.17. The number of piperidine rings is 1. The van der Waals surface area contributed by atoms with Crippen LogP contribution in [0.15, 0.2) is 24.3 Å². The van der Waals surface area contributed by atoms with Gasteiger partial charge >= 0.3 is 6.09 Å². The zero-order valence-corrected chi connectivity index (χ0v) is 11.3. The van der Waals surface area contributed by atoms with Crippen LogP contribution >= 0.6 is 0 Å². The number of ether oxygens (including phenoxy) is 1. The second-order valence-electron chi connectivity index (χ2n) is 4.81. The molecule has 1 aliphatic heterocycles. The van der Waals surface area contributed by atoms with Gasteiger partial charge in [-0.15, -0.1) is 0 Å². The van der Waals surface area contributed by atoms with Gasteiger partial charge in [0.1, 0.15) is 5.75 Å². The van der Waals surface area contributed by atoms with Crippen LogP contribution in [0.2, 0.25) is 0 Å². The van der Waals surface area contributed by atoms with Gasteiger partial charge in [-0.1, -0.05) is 12.1 Å². The van der Waals surface area contributed by atoms with E-state index in [0.717, 1.165) is 11.3 Å². The molecule has 6 nitrogen and oxygen atoms in total. The molecule has 0 aromatic heterocycles. The molecule has 1 heterocycles. The second kappa shape index (κ2) is 6.27. The van der Waals surface area contributed by atoms with Gasteiger partial charge in [-0.05, 0) is 24.1 Å². The standard InChI is InChI=1S/C14H18N2O4/c1-20-12-5-2-10(3-6-12)8-16-9-11(15-14(18)19)4-7-13(16)17/h2-3,5-6,11,15H,4,7-9H2,1H3,(H,18,19). The highest BCUT2D eigenvalue weighted by Gasteiger charge is 2.26. The SMILES string of the molecule is COc1ccc(CN2CC(NC(=O)O)CCC2=O)cc1. The van der Waals surface area contributed by atoms with Crippen LogP contribution < -0.4 is 10.1 Å². The molecule has 1 aliphatic rings. The predicted molar refractivity (Wildman–Crippen MR) is 72.6 cm³/mol. The number of amides is 2. The van der Waals surface area contributed by atoms with E-state index in [2.05, 4.69) is 5.32 Å². The molecule has 0 radical (unpaired) electrons. The van der Waals surface area contributed by atoms with Gasteiger partial charge in [-0.3, -0.25) is 4.79 Å². The fourth-order valence-electron chi connectivity index (χ4n) is 2.31. The van der Waals surface area contributed by atoms with Crippen molar-refractivity contribution in [3.8, 4) is 5.75 Å². The van der Waals surface area contributed by atoms with E-state index in [9.17, 15) is 9.59 Å². The molecule has 1 atom stereocenters. The molecule has 0 spiro atoms. The monoisotopic (exact) mass is 278 g/mol. The zero-order chi connectivity index (χ0) is 14.5. The minimum absolute atomic E-state index is 0.0595. The van der Waals surface area contributed by atoms with Crippen molar-refractivity contribution in [1.29, 1.82) is 0 Å². The van der Waals surface area contributed by atoms with E-state index in [0.29, 0.717) is 25.9 Å². The van der Waals surface area contributed by atoms with Gasteiger partial charge < -0.3 is 20.1 Å². The van der Waals surface area contributed by atoms with Gasteiger partial charge in [0.2, 0.25) is 5.91 Å². The van der Waals surface area contributed by atoms with Gasteiger partial charge in [0, 0.05) is 19.5 Å². The lowest BCUT2D eigenvalue weighted by Gasteiger charge is -2.32. The third kappa shape index (κ3) is 3.63. The number of carbonyl (C=O) groups excluding carboxylic acids is 1. The Morgan fingerprint density at radius 1 is 1.45 bits per heavy atom. The summed E-state index contributed by atoms with van der Waals surface area (Å²) in [5.41, 5.74) is 0.995. The molecule has 20 heavy (non-hydrogen) atoms. The molecule has 0 aliphatic carbocycles. The van der Waals surface area contributed by atoms with Crippen molar-refractivity contribution in [2.45, 2.75) is 25.4 Å². The van der Waals surface area contributed by atoms with Crippen molar-refractivity contribution in [1.82, 2.24) is 10.2 Å². The lowest BCUT2D eigenvalue weighted by Crippen LogP contribution is -2.49. The van der Waals surface area contributed by atoms with E-state index in [4.69, 9.17) is 9.84 Å². The lowest BCUT2D eigenvalue weighted by molar-refractivity contribution is -0.134. The highest BCUT2D eigenvalue weighted by atomic mass is 16.5. The first-order chi connectivity index (χ1) is 9.58. The summed E-state index contributed by atoms with van der Waals surface area (Å²) < 4.78 is 5.09. The van der Waals surface area contributed by atoms with Crippen LogP contribution in [0, 0.1) is 0 Å². The van der Waals surface area contributed by atoms with E-state index in [1.165, 1.54) is 0 Å². The molecular weight excluding hydrogens is 260 g/mol. The van der Waals surface area contributed by atoms with Crippen molar-refractivity contribution in [2.24, 2.45) is 0 Å². The lowest BCUT2D eigenvalue weighted by atomic mass is 10.0. The van der Waals surface area contributed by atoms with E-state index in [1.807, 2.05) is 24.3 Å². The van der Waals surface area contributed by atoms with Crippen molar-refractivity contribution >= 4 is 12.0 Å². The first-order valence-electron chi connectivity index (χ1n) is 6.48. The Hall–Kier alpha value is -2.24. The van der Waals surface area contributed by atoms with Crippen LogP contribution in [-0.2, 0) is 11.3 Å². The van der Waals surface area contributed by atoms with Gasteiger partial charge in [0.05, 0.1) is 13.2 Å². The molecule has 2 N–H and O–H groups in total. The number of rotatable bonds is 4. The maximum absolute atomic E-state index is 11.9. The number of hydrogen-bond donors (Lipinski definition) is 2. The Morgan fingerprint density at radius 3 is 2.75 bits per heavy atom.